The maximum atomic E-state index is 12.7. The normalized spacial score (nSPS) is 11.6. The molecule has 0 fully saturated rings. The number of hydrogen-bond donors (Lipinski definition) is 1. The Hall–Kier alpha value is -4.70. The Morgan fingerprint density at radius 1 is 0.978 bits per heavy atom. The molecule has 1 amide bonds. The summed E-state index contributed by atoms with van der Waals surface area (Å²) in [6.45, 7) is 2.35. The molecule has 0 atom stereocenters. The largest absolute Gasteiger partial charge is 0.485 e. The number of imidazole rings is 1. The number of nitrogens with one attached hydrogen (secondary N) is 1. The molecule has 1 aromatic carbocycles. The van der Waals surface area contributed by atoms with E-state index in [9.17, 15) is 4.79 Å². The van der Waals surface area contributed by atoms with E-state index in [1.54, 1.807) is 30.7 Å². The van der Waals surface area contributed by atoms with Crippen LogP contribution in [0.1, 0.15) is 33.8 Å². The number of nitrogens with zero attached hydrogens (tertiary/aromatic N) is 5. The molecule has 1 N–H and O–H groups in total. The average molecular weight is 714 g/mol. The lowest BCUT2D eigenvalue weighted by molar-refractivity contribution is -0.116. The summed E-state index contributed by atoms with van der Waals surface area (Å²) in [5.41, 5.74) is 6.42. The van der Waals surface area contributed by atoms with Crippen molar-refractivity contribution in [3.63, 3.8) is 0 Å². The molecule has 6 aromatic rings. The summed E-state index contributed by atoms with van der Waals surface area (Å²) in [4.78, 5) is 25.7. The highest BCUT2D eigenvalue weighted by Gasteiger charge is 2.17. The quantitative estimate of drug-likeness (QED) is 0.144. The minimum absolute atomic E-state index is 0.143. The van der Waals surface area contributed by atoms with Crippen LogP contribution < -0.4 is 10.1 Å². The first-order chi connectivity index (χ1) is 22.4. The number of aryl methyl sites for hydroxylation is 1. The van der Waals surface area contributed by atoms with Gasteiger partial charge in [0.2, 0.25) is 5.91 Å². The third kappa shape index (κ3) is 7.07. The van der Waals surface area contributed by atoms with E-state index in [-0.39, 0.29) is 19.1 Å². The van der Waals surface area contributed by atoms with Crippen LogP contribution in [0.2, 0.25) is 10.0 Å². The Labute approximate surface area is 284 Å². The van der Waals surface area contributed by atoms with E-state index in [2.05, 4.69) is 36.2 Å². The number of aromatic nitrogens is 5. The van der Waals surface area contributed by atoms with Crippen molar-refractivity contribution >= 4 is 68.9 Å². The van der Waals surface area contributed by atoms with Crippen molar-refractivity contribution in [3.8, 4) is 11.4 Å². The van der Waals surface area contributed by atoms with Crippen LogP contribution >= 0.6 is 39.1 Å². The van der Waals surface area contributed by atoms with Crippen LogP contribution in [0.5, 0.6) is 5.75 Å². The highest BCUT2D eigenvalue weighted by molar-refractivity contribution is 9.10. The molecule has 0 saturated carbocycles. The van der Waals surface area contributed by atoms with Crippen LogP contribution in [-0.2, 0) is 17.9 Å². The number of amides is 1. The zero-order valence-electron chi connectivity index (χ0n) is 24.6. The average Bonchev–Trinajstić information content (AvgIpc) is 3.66. The van der Waals surface area contributed by atoms with Gasteiger partial charge in [0.1, 0.15) is 11.2 Å². The van der Waals surface area contributed by atoms with Gasteiger partial charge in [-0.05, 0) is 101 Å². The van der Waals surface area contributed by atoms with Crippen molar-refractivity contribution in [1.29, 1.82) is 0 Å². The summed E-state index contributed by atoms with van der Waals surface area (Å²) in [7, 11) is 0. The van der Waals surface area contributed by atoms with Crippen LogP contribution in [0.4, 0.5) is 0 Å². The van der Waals surface area contributed by atoms with Gasteiger partial charge in [-0.25, -0.2) is 4.98 Å². The van der Waals surface area contributed by atoms with Crippen molar-refractivity contribution < 1.29 is 9.53 Å². The van der Waals surface area contributed by atoms with Gasteiger partial charge in [0.25, 0.3) is 0 Å². The SMILES string of the molecule is Cc1nc2c(OCc3c(Cl)ccc(-n4cccc4CNC(=O)/C=C/c4ccc(/C=C/c5ccncc5)nc4)c3Cl)cccn2c1Br. The molecule has 0 aliphatic rings. The molecule has 11 heteroatoms. The molecule has 5 heterocycles. The van der Waals surface area contributed by atoms with Crippen LogP contribution in [0.15, 0.2) is 102 Å². The fourth-order valence-electron chi connectivity index (χ4n) is 4.77. The van der Waals surface area contributed by atoms with Crippen LogP contribution in [0.3, 0.4) is 0 Å². The molecule has 8 nitrogen and oxygen atoms in total. The first-order valence-corrected chi connectivity index (χ1v) is 15.8. The molecule has 5 aromatic heterocycles. The summed E-state index contributed by atoms with van der Waals surface area (Å²) in [6, 6.07) is 18.9. The predicted octanol–water partition coefficient (Wildman–Crippen LogP) is 8.37. The van der Waals surface area contributed by atoms with Gasteiger partial charge in [-0.2, -0.15) is 0 Å². The standard InChI is InChI=1S/C35H27BrCl2N6O2/c1-23-34(36)44-19-3-5-31(35(44)42-23)46-22-28-29(37)11-12-30(33(28)38)43-18-2-4-27(43)21-41-32(45)13-8-25-7-10-26(40-20-25)9-6-24-14-16-39-17-15-24/h2-20H,21-22H2,1H3,(H,41,45)/b9-6+,13-8+. The zero-order chi connectivity index (χ0) is 32.0. The van der Waals surface area contributed by atoms with Gasteiger partial charge in [-0.15, -0.1) is 0 Å². The topological polar surface area (TPSA) is 86.3 Å². The number of halogens is 3. The van der Waals surface area contributed by atoms with Gasteiger partial charge < -0.3 is 14.6 Å². The molecule has 0 bridgehead atoms. The van der Waals surface area contributed by atoms with E-state index in [1.165, 1.54) is 6.08 Å². The Morgan fingerprint density at radius 3 is 2.61 bits per heavy atom. The van der Waals surface area contributed by atoms with E-state index in [0.29, 0.717) is 27.0 Å². The summed E-state index contributed by atoms with van der Waals surface area (Å²) in [5, 5.41) is 3.88. The van der Waals surface area contributed by atoms with Gasteiger partial charge in [-0.3, -0.25) is 19.2 Å². The van der Waals surface area contributed by atoms with Crippen molar-refractivity contribution in [1.82, 2.24) is 29.2 Å². The van der Waals surface area contributed by atoms with Crippen molar-refractivity contribution in [3.05, 3.63) is 146 Å². The maximum absolute atomic E-state index is 12.7. The lowest BCUT2D eigenvalue weighted by Crippen LogP contribution is -2.21. The third-order valence-electron chi connectivity index (χ3n) is 7.18. The smallest absolute Gasteiger partial charge is 0.244 e. The molecule has 0 unspecified atom stereocenters. The van der Waals surface area contributed by atoms with E-state index >= 15 is 0 Å². The molecule has 230 valence electrons. The number of hydrogen-bond acceptors (Lipinski definition) is 5. The first kappa shape index (κ1) is 31.3. The van der Waals surface area contributed by atoms with Crippen molar-refractivity contribution in [2.45, 2.75) is 20.1 Å². The Morgan fingerprint density at radius 2 is 1.80 bits per heavy atom. The minimum atomic E-state index is -0.235. The Balaban J connectivity index is 1.10. The second-order valence-corrected chi connectivity index (χ2v) is 11.8. The first-order valence-electron chi connectivity index (χ1n) is 14.3. The van der Waals surface area contributed by atoms with Gasteiger partial charge >= 0.3 is 0 Å². The molecule has 0 aliphatic heterocycles. The van der Waals surface area contributed by atoms with Gasteiger partial charge in [-0.1, -0.05) is 35.3 Å². The van der Waals surface area contributed by atoms with Gasteiger partial charge in [0, 0.05) is 53.3 Å². The molecular weight excluding hydrogens is 687 g/mol. The Kier molecular flexibility index (Phi) is 9.63. The Bertz CT molecular complexity index is 2070. The fourth-order valence-corrected chi connectivity index (χ4v) is 5.71. The van der Waals surface area contributed by atoms with Crippen molar-refractivity contribution in [2.24, 2.45) is 0 Å². The minimum Gasteiger partial charge on any atom is -0.485 e. The maximum Gasteiger partial charge on any atom is 0.244 e. The van der Waals surface area contributed by atoms with Crippen LogP contribution in [0, 0.1) is 6.92 Å². The molecular formula is C35H27BrCl2N6O2. The molecule has 0 saturated heterocycles. The van der Waals surface area contributed by atoms with E-state index in [1.807, 2.05) is 95.0 Å². The summed E-state index contributed by atoms with van der Waals surface area (Å²) >= 11 is 17.0. The molecule has 0 spiro atoms. The van der Waals surface area contributed by atoms with E-state index < -0.39 is 0 Å². The highest BCUT2D eigenvalue weighted by Crippen LogP contribution is 2.33. The van der Waals surface area contributed by atoms with Crippen LogP contribution in [0.25, 0.3) is 29.6 Å². The molecule has 6 rings (SSSR count). The molecule has 46 heavy (non-hydrogen) atoms. The number of fused-ring (bicyclic) bond motifs is 1. The van der Waals surface area contributed by atoms with Gasteiger partial charge in [0.05, 0.1) is 28.6 Å². The van der Waals surface area contributed by atoms with Crippen LogP contribution in [-0.4, -0.2) is 29.8 Å². The molecule has 0 radical (unpaired) electrons. The number of pyridine rings is 3. The second-order valence-electron chi connectivity index (χ2n) is 10.3. The van der Waals surface area contributed by atoms with Gasteiger partial charge in [0.15, 0.2) is 11.4 Å². The lowest BCUT2D eigenvalue weighted by atomic mass is 10.2. The summed E-state index contributed by atoms with van der Waals surface area (Å²) in [6.07, 6.45) is 16.1. The van der Waals surface area contributed by atoms with E-state index in [4.69, 9.17) is 27.9 Å². The predicted molar refractivity (Wildman–Crippen MR) is 186 cm³/mol. The number of benzene rings is 1. The molecule has 0 aliphatic carbocycles. The lowest BCUT2D eigenvalue weighted by Gasteiger charge is -2.16. The third-order valence-corrected chi connectivity index (χ3v) is 8.91. The zero-order valence-corrected chi connectivity index (χ0v) is 27.7. The fraction of sp³-hybridized carbons (Fsp3) is 0.0857. The summed E-state index contributed by atoms with van der Waals surface area (Å²) < 4.78 is 10.9. The number of rotatable bonds is 10. The summed E-state index contributed by atoms with van der Waals surface area (Å²) in [5.74, 6) is 0.372. The highest BCUT2D eigenvalue weighted by atomic mass is 79.9. The monoisotopic (exact) mass is 712 g/mol. The number of ether oxygens (including phenoxy) is 1. The number of carbonyl (C=O) groups is 1. The van der Waals surface area contributed by atoms with Crippen molar-refractivity contribution in [2.75, 3.05) is 0 Å². The number of carbonyl (C=O) groups excluding carboxylic acids is 1. The van der Waals surface area contributed by atoms with E-state index in [0.717, 1.165) is 38.5 Å². The second kappa shape index (κ2) is 14.2.